The summed E-state index contributed by atoms with van der Waals surface area (Å²) in [6.45, 7) is 0. The number of ether oxygens (including phenoxy) is 1. The summed E-state index contributed by atoms with van der Waals surface area (Å²) >= 11 is 0. The van der Waals surface area contributed by atoms with Gasteiger partial charge in [-0.05, 0) is 18.9 Å². The Labute approximate surface area is 107 Å². The molecule has 4 nitrogen and oxygen atoms in total. The summed E-state index contributed by atoms with van der Waals surface area (Å²) < 4.78 is 5.08. The largest absolute Gasteiger partial charge is 0.481 e. The monoisotopic (exact) mass is 249 g/mol. The maximum Gasteiger partial charge on any atom is 0.310 e. The highest BCUT2D eigenvalue weighted by Crippen LogP contribution is 2.39. The van der Waals surface area contributed by atoms with Crippen LogP contribution in [0.1, 0.15) is 37.8 Å². The van der Waals surface area contributed by atoms with Gasteiger partial charge in [0.1, 0.15) is 0 Å². The Morgan fingerprint density at radius 2 is 2.11 bits per heavy atom. The highest BCUT2D eigenvalue weighted by atomic mass is 16.5. The van der Waals surface area contributed by atoms with E-state index in [1.807, 2.05) is 12.1 Å². The summed E-state index contributed by atoms with van der Waals surface area (Å²) in [5, 5.41) is 9.52. The van der Waals surface area contributed by atoms with Gasteiger partial charge in [-0.3, -0.25) is 4.79 Å². The van der Waals surface area contributed by atoms with Crippen LogP contribution in [-0.4, -0.2) is 23.2 Å². The van der Waals surface area contributed by atoms with Crippen molar-refractivity contribution in [2.75, 3.05) is 7.11 Å². The lowest BCUT2D eigenvalue weighted by molar-refractivity contribution is -0.151. The lowest BCUT2D eigenvalue weighted by Gasteiger charge is -2.32. The van der Waals surface area contributed by atoms with Crippen LogP contribution in [0.15, 0.2) is 18.2 Å². The lowest BCUT2D eigenvalue weighted by atomic mass is 9.71. The van der Waals surface area contributed by atoms with Crippen molar-refractivity contribution in [2.45, 2.75) is 38.5 Å². The molecule has 1 N–H and O–H groups in total. The minimum atomic E-state index is -0.688. The molecular formula is C14H19NO3. The number of carboxylic acid groups (broad SMARTS) is 1. The number of hydrogen-bond donors (Lipinski definition) is 1. The number of methoxy groups -OCH3 is 1. The zero-order chi connectivity index (χ0) is 13.0. The van der Waals surface area contributed by atoms with Gasteiger partial charge in [-0.1, -0.05) is 25.3 Å². The first-order valence-electron chi connectivity index (χ1n) is 6.40. The minimum absolute atomic E-state index is 0.500. The van der Waals surface area contributed by atoms with E-state index in [9.17, 15) is 9.90 Å². The van der Waals surface area contributed by atoms with Crippen molar-refractivity contribution >= 4 is 5.97 Å². The van der Waals surface area contributed by atoms with E-state index < -0.39 is 11.4 Å². The van der Waals surface area contributed by atoms with E-state index in [0.29, 0.717) is 12.3 Å². The summed E-state index contributed by atoms with van der Waals surface area (Å²) in [6.07, 6.45) is 5.13. The smallest absolute Gasteiger partial charge is 0.310 e. The van der Waals surface area contributed by atoms with Crippen LogP contribution < -0.4 is 4.74 Å². The fraction of sp³-hybridized carbons (Fsp3) is 0.571. The Balaban J connectivity index is 2.20. The van der Waals surface area contributed by atoms with Crippen LogP contribution in [-0.2, 0) is 11.2 Å². The van der Waals surface area contributed by atoms with Crippen molar-refractivity contribution in [3.8, 4) is 5.88 Å². The number of hydrogen-bond acceptors (Lipinski definition) is 3. The number of rotatable bonds is 4. The molecule has 1 heterocycles. The molecule has 1 aromatic heterocycles. The van der Waals surface area contributed by atoms with Gasteiger partial charge in [-0.25, -0.2) is 4.98 Å². The normalized spacial score (nSPS) is 18.3. The molecule has 1 aliphatic carbocycles. The van der Waals surface area contributed by atoms with Gasteiger partial charge in [0.15, 0.2) is 0 Å². The molecular weight excluding hydrogens is 230 g/mol. The highest BCUT2D eigenvalue weighted by Gasteiger charge is 2.39. The van der Waals surface area contributed by atoms with Crippen molar-refractivity contribution in [2.24, 2.45) is 5.41 Å². The van der Waals surface area contributed by atoms with Gasteiger partial charge >= 0.3 is 5.97 Å². The van der Waals surface area contributed by atoms with Gasteiger partial charge < -0.3 is 9.84 Å². The molecule has 0 aliphatic heterocycles. The van der Waals surface area contributed by atoms with Crippen LogP contribution in [0.5, 0.6) is 5.88 Å². The molecule has 1 saturated carbocycles. The van der Waals surface area contributed by atoms with Crippen molar-refractivity contribution in [3.63, 3.8) is 0 Å². The quantitative estimate of drug-likeness (QED) is 0.891. The highest BCUT2D eigenvalue weighted by molar-refractivity contribution is 5.75. The molecule has 0 amide bonds. The molecule has 0 aromatic carbocycles. The molecule has 0 radical (unpaired) electrons. The molecule has 1 aliphatic rings. The molecule has 1 aromatic rings. The van der Waals surface area contributed by atoms with Gasteiger partial charge in [0, 0.05) is 18.2 Å². The minimum Gasteiger partial charge on any atom is -0.481 e. The van der Waals surface area contributed by atoms with Crippen molar-refractivity contribution in [1.29, 1.82) is 0 Å². The summed E-state index contributed by atoms with van der Waals surface area (Å²) in [4.78, 5) is 15.9. The standard InChI is InChI=1S/C14H19NO3/c1-18-12-7-5-6-11(15-12)10-14(13(16)17)8-3-2-4-9-14/h5-7H,2-4,8-10H2,1H3,(H,16,17). The van der Waals surface area contributed by atoms with E-state index in [-0.39, 0.29) is 0 Å². The maximum atomic E-state index is 11.6. The third-order valence-corrected chi connectivity index (χ3v) is 3.77. The van der Waals surface area contributed by atoms with Crippen molar-refractivity contribution < 1.29 is 14.6 Å². The molecule has 1 fully saturated rings. The van der Waals surface area contributed by atoms with E-state index in [4.69, 9.17) is 4.74 Å². The summed E-state index contributed by atoms with van der Waals surface area (Å²) in [5.41, 5.74) is 0.177. The van der Waals surface area contributed by atoms with Crippen LogP contribution >= 0.6 is 0 Å². The SMILES string of the molecule is COc1cccc(CC2(C(=O)O)CCCCC2)n1. The van der Waals surface area contributed by atoms with Gasteiger partial charge in [0.05, 0.1) is 12.5 Å². The number of aromatic nitrogens is 1. The average Bonchev–Trinajstić information content (AvgIpc) is 2.40. The molecule has 0 saturated heterocycles. The first-order valence-corrected chi connectivity index (χ1v) is 6.40. The van der Waals surface area contributed by atoms with Gasteiger partial charge in [0.25, 0.3) is 0 Å². The second-order valence-corrected chi connectivity index (χ2v) is 4.99. The number of carbonyl (C=O) groups is 1. The third-order valence-electron chi connectivity index (χ3n) is 3.77. The summed E-state index contributed by atoms with van der Waals surface area (Å²) in [6, 6.07) is 5.51. The zero-order valence-electron chi connectivity index (χ0n) is 10.7. The van der Waals surface area contributed by atoms with Crippen LogP contribution in [0.4, 0.5) is 0 Å². The predicted octanol–water partition coefficient (Wildman–Crippen LogP) is 2.67. The van der Waals surface area contributed by atoms with Crippen LogP contribution in [0.2, 0.25) is 0 Å². The van der Waals surface area contributed by atoms with Crippen LogP contribution in [0.25, 0.3) is 0 Å². The molecule has 4 heteroatoms. The van der Waals surface area contributed by atoms with Crippen LogP contribution in [0.3, 0.4) is 0 Å². The molecule has 0 bridgehead atoms. The zero-order valence-corrected chi connectivity index (χ0v) is 10.7. The second-order valence-electron chi connectivity index (χ2n) is 4.99. The first kappa shape index (κ1) is 12.9. The Bertz CT molecular complexity index is 425. The van der Waals surface area contributed by atoms with Gasteiger partial charge in [-0.2, -0.15) is 0 Å². The molecule has 2 rings (SSSR count). The number of aliphatic carboxylic acids is 1. The average molecular weight is 249 g/mol. The van der Waals surface area contributed by atoms with Gasteiger partial charge in [0.2, 0.25) is 5.88 Å². The molecule has 0 atom stereocenters. The molecule has 0 spiro atoms. The van der Waals surface area contributed by atoms with E-state index >= 15 is 0 Å². The third kappa shape index (κ3) is 2.63. The van der Waals surface area contributed by atoms with E-state index in [1.54, 1.807) is 13.2 Å². The number of carboxylic acids is 1. The lowest BCUT2D eigenvalue weighted by Crippen LogP contribution is -2.35. The van der Waals surface area contributed by atoms with Crippen molar-refractivity contribution in [1.82, 2.24) is 4.98 Å². The second kappa shape index (κ2) is 5.38. The predicted molar refractivity (Wildman–Crippen MR) is 67.6 cm³/mol. The number of pyridine rings is 1. The van der Waals surface area contributed by atoms with Crippen LogP contribution in [0, 0.1) is 5.41 Å². The fourth-order valence-electron chi connectivity index (χ4n) is 2.71. The number of nitrogens with zero attached hydrogens (tertiary/aromatic N) is 1. The fourth-order valence-corrected chi connectivity index (χ4v) is 2.71. The molecule has 98 valence electrons. The Morgan fingerprint density at radius 3 is 2.72 bits per heavy atom. The molecule has 18 heavy (non-hydrogen) atoms. The van der Waals surface area contributed by atoms with E-state index in [2.05, 4.69) is 4.98 Å². The maximum absolute atomic E-state index is 11.6. The Hall–Kier alpha value is -1.58. The van der Waals surface area contributed by atoms with E-state index in [1.165, 1.54) is 0 Å². The summed E-state index contributed by atoms with van der Waals surface area (Å²) in [7, 11) is 1.57. The molecule has 0 unspecified atom stereocenters. The topological polar surface area (TPSA) is 59.4 Å². The first-order chi connectivity index (χ1) is 8.66. The van der Waals surface area contributed by atoms with Crippen molar-refractivity contribution in [3.05, 3.63) is 23.9 Å². The summed E-state index contributed by atoms with van der Waals surface area (Å²) in [5.74, 6) is -0.143. The van der Waals surface area contributed by atoms with E-state index in [0.717, 1.165) is 37.8 Å². The van der Waals surface area contributed by atoms with Gasteiger partial charge in [-0.15, -0.1) is 0 Å². The Kier molecular flexibility index (Phi) is 3.84. The Morgan fingerprint density at radius 1 is 1.39 bits per heavy atom.